The molecule has 4 aliphatic carbocycles. The van der Waals surface area contributed by atoms with Crippen LogP contribution in [0.1, 0.15) is 126 Å². The summed E-state index contributed by atoms with van der Waals surface area (Å²) >= 11 is 0. The standard InChI is InChI=1S/C37H64O6/c1-9-24(22(2)3)11-10-23(4)27-14-19-37(8)35(27,6)18-15-29-34(5)16-13-26(20-25(34)12-17-36(29,37)7)42-33-32(41)31(40)30(39)28(21-38)43-33/h12,22-24,26-33,38-41H,9-11,13-21H2,1-8H3/t23-,24-,26+,27-,28-,29-,30-,31+,32-,33-,34+,35-,36-,37-/m1/s1. The van der Waals surface area contributed by atoms with E-state index in [0.717, 1.165) is 49.4 Å². The highest BCUT2D eigenvalue weighted by Gasteiger charge is 2.69. The summed E-state index contributed by atoms with van der Waals surface area (Å²) in [5.74, 6) is 3.85. The topological polar surface area (TPSA) is 99.4 Å². The molecule has 0 amide bonds. The summed E-state index contributed by atoms with van der Waals surface area (Å²) in [6.45, 7) is 19.8. The number of aliphatic hydroxyl groups excluding tert-OH is 4. The third-order valence-electron chi connectivity index (χ3n) is 15.0. The zero-order chi connectivity index (χ0) is 31.5. The van der Waals surface area contributed by atoms with Crippen molar-refractivity contribution in [1.29, 1.82) is 0 Å². The smallest absolute Gasteiger partial charge is 0.186 e. The summed E-state index contributed by atoms with van der Waals surface area (Å²) < 4.78 is 12.0. The van der Waals surface area contributed by atoms with E-state index in [4.69, 9.17) is 9.47 Å². The summed E-state index contributed by atoms with van der Waals surface area (Å²) in [6.07, 6.45) is 9.53. The fourth-order valence-corrected chi connectivity index (χ4v) is 11.7. The molecule has 1 aliphatic heterocycles. The van der Waals surface area contributed by atoms with Gasteiger partial charge in [0.25, 0.3) is 0 Å². The van der Waals surface area contributed by atoms with Gasteiger partial charge in [-0.3, -0.25) is 0 Å². The van der Waals surface area contributed by atoms with Gasteiger partial charge < -0.3 is 29.9 Å². The lowest BCUT2D eigenvalue weighted by Gasteiger charge is -2.68. The van der Waals surface area contributed by atoms with Crippen molar-refractivity contribution in [2.45, 2.75) is 163 Å². The molecule has 0 radical (unpaired) electrons. The zero-order valence-corrected chi connectivity index (χ0v) is 28.5. The Balaban J connectivity index is 1.31. The van der Waals surface area contributed by atoms with Gasteiger partial charge in [-0.15, -0.1) is 0 Å². The van der Waals surface area contributed by atoms with Crippen LogP contribution in [0.3, 0.4) is 0 Å². The third-order valence-corrected chi connectivity index (χ3v) is 15.0. The Morgan fingerprint density at radius 2 is 1.63 bits per heavy atom. The summed E-state index contributed by atoms with van der Waals surface area (Å²) in [7, 11) is 0. The molecule has 6 heteroatoms. The van der Waals surface area contributed by atoms with Crippen molar-refractivity contribution in [3.63, 3.8) is 0 Å². The quantitative estimate of drug-likeness (QED) is 0.221. The fraction of sp³-hybridized carbons (Fsp3) is 0.946. The predicted molar refractivity (Wildman–Crippen MR) is 170 cm³/mol. The number of rotatable bonds is 9. The van der Waals surface area contributed by atoms with Gasteiger partial charge in [0.05, 0.1) is 12.7 Å². The molecule has 4 fully saturated rings. The van der Waals surface area contributed by atoms with E-state index in [9.17, 15) is 20.4 Å². The minimum Gasteiger partial charge on any atom is -0.394 e. The minimum absolute atomic E-state index is 0.121. The second-order valence-electron chi connectivity index (χ2n) is 16.9. The van der Waals surface area contributed by atoms with Gasteiger partial charge in [-0.1, -0.05) is 79.9 Å². The van der Waals surface area contributed by atoms with Crippen molar-refractivity contribution in [3.05, 3.63) is 11.6 Å². The van der Waals surface area contributed by atoms with Crippen molar-refractivity contribution in [2.75, 3.05) is 6.61 Å². The van der Waals surface area contributed by atoms with E-state index in [1.165, 1.54) is 50.5 Å². The highest BCUT2D eigenvalue weighted by molar-refractivity contribution is 5.30. The normalized spacial score (nSPS) is 49.6. The van der Waals surface area contributed by atoms with Crippen molar-refractivity contribution < 1.29 is 29.9 Å². The molecule has 6 nitrogen and oxygen atoms in total. The van der Waals surface area contributed by atoms with Gasteiger partial charge in [0.15, 0.2) is 6.29 Å². The largest absolute Gasteiger partial charge is 0.394 e. The Morgan fingerprint density at radius 1 is 0.907 bits per heavy atom. The number of hydrogen-bond donors (Lipinski definition) is 4. The van der Waals surface area contributed by atoms with Crippen LogP contribution in [0.25, 0.3) is 0 Å². The van der Waals surface area contributed by atoms with Crippen LogP contribution in [-0.4, -0.2) is 63.8 Å². The number of allylic oxidation sites excluding steroid dienone is 1. The molecule has 0 spiro atoms. The predicted octanol–water partition coefficient (Wildman–Crippen LogP) is 6.63. The summed E-state index contributed by atoms with van der Waals surface area (Å²) in [5.41, 5.74) is 2.59. The molecule has 1 heterocycles. The Bertz CT molecular complexity index is 1010. The summed E-state index contributed by atoms with van der Waals surface area (Å²) in [4.78, 5) is 0. The van der Waals surface area contributed by atoms with Crippen LogP contribution in [0.15, 0.2) is 11.6 Å². The Hall–Kier alpha value is -0.500. The monoisotopic (exact) mass is 604 g/mol. The lowest BCUT2D eigenvalue weighted by atomic mass is 9.36. The van der Waals surface area contributed by atoms with Crippen LogP contribution in [0.4, 0.5) is 0 Å². The molecule has 0 bridgehead atoms. The Labute approximate surface area is 262 Å². The number of ether oxygens (including phenoxy) is 2. The van der Waals surface area contributed by atoms with E-state index in [2.05, 4.69) is 61.5 Å². The molecule has 0 unspecified atom stereocenters. The van der Waals surface area contributed by atoms with Crippen LogP contribution in [0, 0.1) is 51.2 Å². The molecule has 248 valence electrons. The third kappa shape index (κ3) is 5.30. The molecule has 0 aromatic rings. The number of hydrogen-bond acceptors (Lipinski definition) is 6. The van der Waals surface area contributed by atoms with Crippen molar-refractivity contribution in [1.82, 2.24) is 0 Å². The molecule has 4 N–H and O–H groups in total. The lowest BCUT2D eigenvalue weighted by Crippen LogP contribution is -2.61. The van der Waals surface area contributed by atoms with Crippen LogP contribution in [-0.2, 0) is 9.47 Å². The average molecular weight is 605 g/mol. The van der Waals surface area contributed by atoms with Crippen LogP contribution in [0.2, 0.25) is 0 Å². The van der Waals surface area contributed by atoms with E-state index in [0.29, 0.717) is 16.7 Å². The fourth-order valence-electron chi connectivity index (χ4n) is 11.7. The van der Waals surface area contributed by atoms with Gasteiger partial charge in [0.1, 0.15) is 24.4 Å². The van der Waals surface area contributed by atoms with E-state index in [1.807, 2.05) is 0 Å². The van der Waals surface area contributed by atoms with E-state index < -0.39 is 37.3 Å². The molecule has 5 rings (SSSR count). The zero-order valence-electron chi connectivity index (χ0n) is 28.5. The van der Waals surface area contributed by atoms with Gasteiger partial charge in [-0.05, 0) is 109 Å². The molecule has 0 aromatic carbocycles. The Kier molecular flexibility index (Phi) is 9.66. The molecule has 1 saturated heterocycles. The minimum atomic E-state index is -1.40. The van der Waals surface area contributed by atoms with Gasteiger partial charge in [0.2, 0.25) is 0 Å². The first kappa shape index (κ1) is 33.9. The maximum Gasteiger partial charge on any atom is 0.186 e. The summed E-state index contributed by atoms with van der Waals surface area (Å²) in [6, 6.07) is 0. The molecule has 14 atom stereocenters. The van der Waals surface area contributed by atoms with Crippen molar-refractivity contribution in [3.8, 4) is 0 Å². The first-order valence-corrected chi connectivity index (χ1v) is 17.8. The molecular formula is C37H64O6. The molecule has 5 aliphatic rings. The van der Waals surface area contributed by atoms with Crippen LogP contribution in [0.5, 0.6) is 0 Å². The summed E-state index contributed by atoms with van der Waals surface area (Å²) in [5, 5.41) is 40.6. The van der Waals surface area contributed by atoms with Gasteiger partial charge in [-0.25, -0.2) is 0 Å². The average Bonchev–Trinajstić information content (AvgIpc) is 3.25. The maximum atomic E-state index is 10.6. The second kappa shape index (κ2) is 12.3. The molecular weight excluding hydrogens is 540 g/mol. The molecule has 0 aromatic heterocycles. The molecule has 3 saturated carbocycles. The van der Waals surface area contributed by atoms with Crippen LogP contribution >= 0.6 is 0 Å². The van der Waals surface area contributed by atoms with Crippen molar-refractivity contribution in [2.24, 2.45) is 51.2 Å². The van der Waals surface area contributed by atoms with E-state index in [-0.39, 0.29) is 16.9 Å². The van der Waals surface area contributed by atoms with Gasteiger partial charge >= 0.3 is 0 Å². The second-order valence-corrected chi connectivity index (χ2v) is 16.9. The van der Waals surface area contributed by atoms with E-state index in [1.54, 1.807) is 0 Å². The SMILES string of the molecule is CC[C@H](CC[C@@H](C)[C@H]1CC[C@]2(C)[C@]1(C)CC[C@@H]1[C@@]3(C)CC[C@H](O[C@@H]4O[C@H](CO)[C@@H](O)[C@H](O)[C@H]4O)CC3=CC[C@]12C)C(C)C. The highest BCUT2D eigenvalue weighted by atomic mass is 16.7. The van der Waals surface area contributed by atoms with Crippen molar-refractivity contribution >= 4 is 0 Å². The first-order chi connectivity index (χ1) is 20.2. The number of fused-ring (bicyclic) bond motifs is 5. The first-order valence-electron chi connectivity index (χ1n) is 17.8. The van der Waals surface area contributed by atoms with Gasteiger partial charge in [0, 0.05) is 0 Å². The molecule has 43 heavy (non-hydrogen) atoms. The van der Waals surface area contributed by atoms with Crippen LogP contribution < -0.4 is 0 Å². The maximum absolute atomic E-state index is 10.6. The van der Waals surface area contributed by atoms with Gasteiger partial charge in [-0.2, -0.15) is 0 Å². The highest BCUT2D eigenvalue weighted by Crippen LogP contribution is 2.77. The number of aliphatic hydroxyl groups is 4. The van der Waals surface area contributed by atoms with E-state index >= 15 is 0 Å². The lowest BCUT2D eigenvalue weighted by molar-refractivity contribution is -0.313. The Morgan fingerprint density at radius 3 is 2.28 bits per heavy atom.